The van der Waals surface area contributed by atoms with Crippen LogP contribution in [0.15, 0.2) is 61.1 Å². The van der Waals surface area contributed by atoms with Crippen LogP contribution in [-0.4, -0.2) is 41.3 Å². The minimum atomic E-state index is 0.531. The Bertz CT molecular complexity index is 1090. The maximum absolute atomic E-state index is 5.63. The van der Waals surface area contributed by atoms with Crippen LogP contribution in [0.1, 0.15) is 0 Å². The molecule has 28 heavy (non-hydrogen) atoms. The van der Waals surface area contributed by atoms with Gasteiger partial charge in [0.25, 0.3) is 0 Å². The summed E-state index contributed by atoms with van der Waals surface area (Å²) in [6.07, 6.45) is 5.56. The van der Waals surface area contributed by atoms with Crippen LogP contribution >= 0.6 is 0 Å². The molecule has 0 aliphatic heterocycles. The molecule has 0 saturated heterocycles. The van der Waals surface area contributed by atoms with Gasteiger partial charge < -0.3 is 14.2 Å². The van der Waals surface area contributed by atoms with E-state index in [1.54, 1.807) is 27.5 Å². The van der Waals surface area contributed by atoms with Gasteiger partial charge in [-0.05, 0) is 24.3 Å². The Labute approximate surface area is 162 Å². The Morgan fingerprint density at radius 1 is 0.821 bits per heavy atom. The molecule has 2 aromatic heterocycles. The lowest BCUT2D eigenvalue weighted by atomic mass is 10.0. The third-order valence-corrected chi connectivity index (χ3v) is 4.53. The first-order valence-corrected chi connectivity index (χ1v) is 8.70. The van der Waals surface area contributed by atoms with Crippen LogP contribution in [0.3, 0.4) is 0 Å². The predicted molar refractivity (Wildman–Crippen MR) is 106 cm³/mol. The fourth-order valence-electron chi connectivity index (χ4n) is 3.19. The van der Waals surface area contributed by atoms with E-state index in [0.717, 1.165) is 28.1 Å². The van der Waals surface area contributed by atoms with Crippen LogP contribution in [0, 0.1) is 0 Å². The lowest BCUT2D eigenvalue weighted by Crippen LogP contribution is -1.97. The van der Waals surface area contributed by atoms with Crippen molar-refractivity contribution in [1.29, 1.82) is 0 Å². The van der Waals surface area contributed by atoms with Crippen molar-refractivity contribution in [2.24, 2.45) is 0 Å². The number of hydrogen-bond acceptors (Lipinski definition) is 5. The number of rotatable bonds is 6. The first-order chi connectivity index (χ1) is 13.8. The smallest absolute Gasteiger partial charge is 0.203 e. The number of benzene rings is 2. The van der Waals surface area contributed by atoms with E-state index in [1.165, 1.54) is 0 Å². The average Bonchev–Trinajstić information content (AvgIpc) is 3.42. The highest BCUT2D eigenvalue weighted by atomic mass is 16.5. The summed E-state index contributed by atoms with van der Waals surface area (Å²) in [5.41, 5.74) is 4.46. The van der Waals surface area contributed by atoms with Crippen molar-refractivity contribution in [3.63, 3.8) is 0 Å². The lowest BCUT2D eigenvalue weighted by Gasteiger charge is -2.15. The fourth-order valence-corrected chi connectivity index (χ4v) is 3.19. The van der Waals surface area contributed by atoms with E-state index < -0.39 is 0 Å². The van der Waals surface area contributed by atoms with E-state index in [1.807, 2.05) is 59.5 Å². The van der Waals surface area contributed by atoms with Crippen molar-refractivity contribution in [3.8, 4) is 45.3 Å². The number of nitrogens with zero attached hydrogens (tertiary/aromatic N) is 3. The topological polar surface area (TPSA) is 74.2 Å². The number of methoxy groups -OCH3 is 3. The van der Waals surface area contributed by atoms with Crippen LogP contribution < -0.4 is 14.2 Å². The summed E-state index contributed by atoms with van der Waals surface area (Å²) in [7, 11) is 4.78. The Hall–Kier alpha value is -3.74. The lowest BCUT2D eigenvalue weighted by molar-refractivity contribution is 0.325. The van der Waals surface area contributed by atoms with Crippen molar-refractivity contribution in [2.75, 3.05) is 21.3 Å². The van der Waals surface area contributed by atoms with E-state index in [4.69, 9.17) is 14.2 Å². The molecule has 142 valence electrons. The van der Waals surface area contributed by atoms with Gasteiger partial charge in [-0.3, -0.25) is 5.10 Å². The highest BCUT2D eigenvalue weighted by Gasteiger charge is 2.21. The largest absolute Gasteiger partial charge is 0.493 e. The maximum Gasteiger partial charge on any atom is 0.203 e. The standard InChI is InChI=1S/C21H20N4O3/c1-26-18-10-9-16(20(27-2)21(18)28-3)19-17(12-22-24-19)14-11-23-25(13-14)15-7-5-4-6-8-15/h4-13H,1-3H3,(H,22,24). The van der Waals surface area contributed by atoms with Gasteiger partial charge in [0.05, 0.1) is 45.1 Å². The van der Waals surface area contributed by atoms with Gasteiger partial charge >= 0.3 is 0 Å². The van der Waals surface area contributed by atoms with Crippen molar-refractivity contribution in [1.82, 2.24) is 20.0 Å². The van der Waals surface area contributed by atoms with E-state index in [0.29, 0.717) is 17.2 Å². The highest BCUT2D eigenvalue weighted by Crippen LogP contribution is 2.45. The number of ether oxygens (including phenoxy) is 3. The van der Waals surface area contributed by atoms with E-state index in [-0.39, 0.29) is 0 Å². The van der Waals surface area contributed by atoms with Gasteiger partial charge in [-0.15, -0.1) is 0 Å². The van der Waals surface area contributed by atoms with Gasteiger partial charge in [-0.1, -0.05) is 18.2 Å². The zero-order valence-electron chi connectivity index (χ0n) is 15.8. The number of H-pyrrole nitrogens is 1. The number of hydrogen-bond donors (Lipinski definition) is 1. The molecule has 0 aliphatic rings. The summed E-state index contributed by atoms with van der Waals surface area (Å²) in [5.74, 6) is 1.70. The van der Waals surface area contributed by atoms with Crippen molar-refractivity contribution < 1.29 is 14.2 Å². The summed E-state index contributed by atoms with van der Waals surface area (Å²) in [5, 5.41) is 11.8. The molecule has 2 heterocycles. The first kappa shape index (κ1) is 17.7. The predicted octanol–water partition coefficient (Wildman–Crippen LogP) is 3.96. The Morgan fingerprint density at radius 2 is 1.61 bits per heavy atom. The molecular weight excluding hydrogens is 356 g/mol. The molecule has 1 N–H and O–H groups in total. The summed E-state index contributed by atoms with van der Waals surface area (Å²) >= 11 is 0. The first-order valence-electron chi connectivity index (χ1n) is 8.70. The van der Waals surface area contributed by atoms with E-state index in [2.05, 4.69) is 15.3 Å². The average molecular weight is 376 g/mol. The molecule has 0 fully saturated rings. The minimum Gasteiger partial charge on any atom is -0.493 e. The molecule has 0 unspecified atom stereocenters. The second-order valence-corrected chi connectivity index (χ2v) is 6.05. The summed E-state index contributed by atoms with van der Waals surface area (Å²) in [4.78, 5) is 0. The Morgan fingerprint density at radius 3 is 2.32 bits per heavy atom. The van der Waals surface area contributed by atoms with Gasteiger partial charge in [0.15, 0.2) is 11.5 Å². The number of nitrogens with one attached hydrogen (secondary N) is 1. The summed E-state index contributed by atoms with van der Waals surface area (Å²) in [6.45, 7) is 0. The van der Waals surface area contributed by atoms with Gasteiger partial charge in [-0.25, -0.2) is 4.68 Å². The molecule has 0 amide bonds. The molecule has 0 atom stereocenters. The number of para-hydroxylation sites is 1. The molecule has 2 aromatic carbocycles. The third kappa shape index (κ3) is 2.96. The second-order valence-electron chi connectivity index (χ2n) is 6.05. The number of aromatic nitrogens is 4. The van der Waals surface area contributed by atoms with Crippen LogP contribution in [-0.2, 0) is 0 Å². The minimum absolute atomic E-state index is 0.531. The SMILES string of the molecule is COc1ccc(-c2[nH]ncc2-c2cnn(-c3ccccc3)c2)c(OC)c1OC. The highest BCUT2D eigenvalue weighted by molar-refractivity contribution is 5.85. The van der Waals surface area contributed by atoms with Crippen molar-refractivity contribution in [2.45, 2.75) is 0 Å². The second kappa shape index (κ2) is 7.48. The summed E-state index contributed by atoms with van der Waals surface area (Å²) in [6, 6.07) is 13.7. The van der Waals surface area contributed by atoms with Crippen molar-refractivity contribution >= 4 is 0 Å². The molecule has 0 bridgehead atoms. The van der Waals surface area contributed by atoms with Crippen LogP contribution in [0.25, 0.3) is 28.1 Å². The molecule has 7 heteroatoms. The zero-order valence-corrected chi connectivity index (χ0v) is 15.8. The molecule has 7 nitrogen and oxygen atoms in total. The van der Waals surface area contributed by atoms with Gasteiger partial charge in [0.2, 0.25) is 5.75 Å². The third-order valence-electron chi connectivity index (χ3n) is 4.53. The number of aromatic amines is 1. The van der Waals surface area contributed by atoms with Gasteiger partial charge in [-0.2, -0.15) is 10.2 Å². The molecule has 4 aromatic rings. The quantitative estimate of drug-likeness (QED) is 0.551. The van der Waals surface area contributed by atoms with Crippen LogP contribution in [0.4, 0.5) is 0 Å². The molecule has 0 saturated carbocycles. The van der Waals surface area contributed by atoms with Crippen LogP contribution in [0.5, 0.6) is 17.2 Å². The van der Waals surface area contributed by atoms with Gasteiger partial charge in [0.1, 0.15) is 0 Å². The fraction of sp³-hybridized carbons (Fsp3) is 0.143. The normalized spacial score (nSPS) is 10.7. The molecule has 0 radical (unpaired) electrons. The zero-order chi connectivity index (χ0) is 19.5. The van der Waals surface area contributed by atoms with Crippen LogP contribution in [0.2, 0.25) is 0 Å². The molecule has 4 rings (SSSR count). The monoisotopic (exact) mass is 376 g/mol. The Balaban J connectivity index is 1.80. The molecule has 0 spiro atoms. The summed E-state index contributed by atoms with van der Waals surface area (Å²) < 4.78 is 18.3. The van der Waals surface area contributed by atoms with Gasteiger partial charge in [0, 0.05) is 22.9 Å². The van der Waals surface area contributed by atoms with Crippen molar-refractivity contribution in [3.05, 3.63) is 61.1 Å². The van der Waals surface area contributed by atoms with E-state index >= 15 is 0 Å². The molecular formula is C21H20N4O3. The van der Waals surface area contributed by atoms with E-state index in [9.17, 15) is 0 Å². The maximum atomic E-state index is 5.63. The Kier molecular flexibility index (Phi) is 4.72. The molecule has 0 aliphatic carbocycles.